The van der Waals surface area contributed by atoms with Crippen molar-refractivity contribution in [3.05, 3.63) is 211 Å². The Morgan fingerprint density at radius 1 is 0.429 bits per heavy atom. The molecule has 0 amide bonds. The van der Waals surface area contributed by atoms with Gasteiger partial charge in [-0.2, -0.15) is 0 Å². The Kier molecular flexibility index (Phi) is 37.9. The molecule has 0 fully saturated rings. The summed E-state index contributed by atoms with van der Waals surface area (Å²) in [6, 6.07) is 44.9. The smallest absolute Gasteiger partial charge is 0.255 e. The van der Waals surface area contributed by atoms with Crippen molar-refractivity contribution >= 4 is 157 Å². The largest absolute Gasteiger partial charge is 1.00 e. The molecule has 0 atom stereocenters. The number of fused-ring (bicyclic) bond motifs is 3. The fourth-order valence-corrected chi connectivity index (χ4v) is 11.1. The quantitative estimate of drug-likeness (QED) is 0.0648. The molecule has 4 heterocycles. The molecule has 0 radical (unpaired) electrons. The molecule has 20 heteroatoms. The van der Waals surface area contributed by atoms with Gasteiger partial charge in [0.2, 0.25) is 12.7 Å². The normalized spacial score (nSPS) is 10.5. The second kappa shape index (κ2) is 42.2. The van der Waals surface area contributed by atoms with E-state index in [9.17, 15) is 0 Å². The topological polar surface area (TPSA) is 64.1 Å². The zero-order valence-corrected chi connectivity index (χ0v) is 60.2. The molecule has 0 saturated heterocycles. The monoisotopic (exact) mass is 1550 g/mol. The number of benzene rings is 6. The molecule has 84 heavy (non-hydrogen) atoms. The van der Waals surface area contributed by atoms with E-state index in [-0.39, 0.29) is 34.0 Å². The molecule has 0 saturated carbocycles. The number of imidazole rings is 4. The first-order chi connectivity index (χ1) is 39.8. The molecule has 8 nitrogen and oxygen atoms in total. The molecule has 1 N–H and O–H groups in total. The van der Waals surface area contributed by atoms with Crippen molar-refractivity contribution in [2.45, 2.75) is 131 Å². The maximum Gasteiger partial charge on any atom is 0.255 e. The summed E-state index contributed by atoms with van der Waals surface area (Å²) < 4.78 is 10.0. The minimum Gasteiger partial charge on any atom is -1.00 e. The van der Waals surface area contributed by atoms with E-state index in [4.69, 9.17) is 92.8 Å². The number of alkyl halides is 2. The van der Waals surface area contributed by atoms with Gasteiger partial charge in [-0.3, -0.25) is 0 Å². The third-order valence-corrected chi connectivity index (χ3v) is 17.4. The van der Waals surface area contributed by atoms with Gasteiger partial charge in [-0.25, -0.2) is 28.2 Å². The van der Waals surface area contributed by atoms with Crippen molar-refractivity contribution in [3.8, 4) is 0 Å². The zero-order chi connectivity index (χ0) is 59.2. The molecule has 10 rings (SSSR count). The number of hydrogen-bond donors (Lipinski definition) is 1. The molecule has 0 aliphatic carbocycles. The summed E-state index contributed by atoms with van der Waals surface area (Å²) in [5, 5.41) is 14.2. The van der Waals surface area contributed by atoms with Crippen LogP contribution < -0.4 is 43.1 Å². The highest BCUT2D eigenvalue weighted by Crippen LogP contribution is 2.26. The van der Waals surface area contributed by atoms with Gasteiger partial charge in [0, 0.05) is 30.0 Å². The minimum atomic E-state index is 0. The minimum absolute atomic E-state index is 0. The van der Waals surface area contributed by atoms with Crippen LogP contribution >= 0.6 is 125 Å². The number of rotatable bonds is 19. The number of hydrogen-bond acceptors (Lipinski definition) is 2. The molecule has 6 aromatic carbocycles. The molecule has 0 aliphatic rings. The first-order valence-electron chi connectivity index (χ1n) is 27.9. The number of nitrogens with one attached hydrogen (secondary N) is 1. The van der Waals surface area contributed by atoms with Gasteiger partial charge >= 0.3 is 0 Å². The Morgan fingerprint density at radius 3 is 1.15 bits per heavy atom. The Bertz CT molecular complexity index is 3290. The van der Waals surface area contributed by atoms with E-state index in [1.165, 1.54) is 68.2 Å². The third-order valence-electron chi connectivity index (χ3n) is 13.2. The lowest BCUT2D eigenvalue weighted by molar-refractivity contribution is -0.694. The molecular formula is C64H74Br4Cl8N8. The average molecular weight is 1560 g/mol. The van der Waals surface area contributed by atoms with Gasteiger partial charge in [-0.1, -0.05) is 259 Å². The van der Waals surface area contributed by atoms with Crippen molar-refractivity contribution in [1.29, 1.82) is 0 Å². The van der Waals surface area contributed by atoms with Gasteiger partial charge in [0.1, 0.15) is 10.3 Å². The fraction of sp³-hybridized carbons (Fsp3) is 0.344. The Balaban J connectivity index is 0.000000281. The summed E-state index contributed by atoms with van der Waals surface area (Å²) in [4.78, 5) is 10.1. The lowest BCUT2D eigenvalue weighted by Gasteiger charge is -2.05. The predicted molar refractivity (Wildman–Crippen MR) is 360 cm³/mol. The van der Waals surface area contributed by atoms with Crippen LogP contribution in [0.5, 0.6) is 0 Å². The van der Waals surface area contributed by atoms with Crippen LogP contribution in [0, 0.1) is 0 Å². The van der Waals surface area contributed by atoms with Crippen molar-refractivity contribution < 1.29 is 43.1 Å². The van der Waals surface area contributed by atoms with Crippen molar-refractivity contribution in [1.82, 2.24) is 28.7 Å². The van der Waals surface area contributed by atoms with E-state index in [0.29, 0.717) is 41.2 Å². The number of aromatic nitrogens is 8. The number of H-pyrrole nitrogens is 1. The van der Waals surface area contributed by atoms with Crippen molar-refractivity contribution in [2.24, 2.45) is 0 Å². The molecule has 0 unspecified atom stereocenters. The SMILES string of the molecule is BrCCc1cccc2ccccc12.CCCCBr.CCCC[n+]1cn(CCc2cccc3ccccc23)c(Cl)c1Cl.CCCC[n+]1cn(CCc2cccc3ccccc23)c(Cl)c1Cl.CCCCn1cnc(Cl)c1Cl.Clc1nc[nH]c1Cl.[Br-].[Br-]. The Hall–Kier alpha value is -2.82. The summed E-state index contributed by atoms with van der Waals surface area (Å²) in [6.07, 6.45) is 19.5. The van der Waals surface area contributed by atoms with Gasteiger partial charge in [0.25, 0.3) is 20.6 Å². The van der Waals surface area contributed by atoms with E-state index in [1.807, 2.05) is 35.5 Å². The molecule has 0 spiro atoms. The number of nitrogens with zero attached hydrogens (tertiary/aromatic N) is 7. The average Bonchev–Trinajstić information content (AvgIpc) is 4.35. The molecule has 0 aliphatic heterocycles. The highest BCUT2D eigenvalue weighted by molar-refractivity contribution is 9.09. The Morgan fingerprint density at radius 2 is 0.833 bits per heavy atom. The number of aromatic amines is 1. The predicted octanol–water partition coefficient (Wildman–Crippen LogP) is 15.2. The summed E-state index contributed by atoms with van der Waals surface area (Å²) in [5.74, 6) is 0. The van der Waals surface area contributed by atoms with E-state index in [2.05, 4.69) is 202 Å². The summed E-state index contributed by atoms with van der Waals surface area (Å²) in [5.41, 5.74) is 4.10. The van der Waals surface area contributed by atoms with Crippen LogP contribution in [0.3, 0.4) is 0 Å². The van der Waals surface area contributed by atoms with Crippen LogP contribution in [0.25, 0.3) is 32.3 Å². The molecular weight excluding hydrogens is 1480 g/mol. The molecule has 10 aromatic rings. The molecule has 0 bridgehead atoms. The van der Waals surface area contributed by atoms with Crippen molar-refractivity contribution in [3.63, 3.8) is 0 Å². The van der Waals surface area contributed by atoms with Crippen LogP contribution in [0.4, 0.5) is 0 Å². The van der Waals surface area contributed by atoms with Crippen LogP contribution in [0.2, 0.25) is 41.2 Å². The standard InChI is InChI=1S/2C19H21Cl2N2.C12H11Br.C7H10Cl2N2.C4H9Br.C3H2Cl2N2.2BrH/c2*1-2-3-12-22-14-23(19(21)18(22)20)13-11-16-9-6-8-15-7-4-5-10-17(15)16;13-9-8-11-6-3-5-10-4-1-2-7-12(10)11;1-2-3-4-11-5-10-6(8)7(11)9;1-2-3-4-5;4-2-3(5)7-1-6-2;;/h2*4-10,14H,2-3,11-13H2,1H3;1-7H,8-9H2;5H,2-4H2,1H3;2-4H2,1H3;1H,(H,6,7);2*1H/q2*+1;;;;;;/p-2. The van der Waals surface area contributed by atoms with Crippen LogP contribution in [-0.4, -0.2) is 39.3 Å². The summed E-state index contributed by atoms with van der Waals surface area (Å²) >= 11 is 54.4. The second-order valence-corrected chi connectivity index (χ2v) is 23.6. The Labute approximate surface area is 575 Å². The lowest BCUT2D eigenvalue weighted by atomic mass is 10.0. The van der Waals surface area contributed by atoms with Gasteiger partial charge < -0.3 is 43.5 Å². The first-order valence-corrected chi connectivity index (χ1v) is 33.2. The first kappa shape index (κ1) is 75.4. The van der Waals surface area contributed by atoms with E-state index >= 15 is 0 Å². The van der Waals surface area contributed by atoms with Gasteiger partial charge in [0.15, 0.2) is 10.3 Å². The number of halogens is 12. The van der Waals surface area contributed by atoms with E-state index in [0.717, 1.165) is 101 Å². The highest BCUT2D eigenvalue weighted by atomic mass is 79.9. The van der Waals surface area contributed by atoms with Gasteiger partial charge in [-0.15, -0.1) is 0 Å². The van der Waals surface area contributed by atoms with Crippen LogP contribution in [0.15, 0.2) is 153 Å². The molecule has 454 valence electrons. The number of unbranched alkanes of at least 4 members (excludes halogenated alkanes) is 4. The van der Waals surface area contributed by atoms with Crippen LogP contribution in [-0.2, 0) is 52.0 Å². The maximum absolute atomic E-state index is 6.39. The fourth-order valence-electron chi connectivity index (χ4n) is 8.63. The lowest BCUT2D eigenvalue weighted by Crippen LogP contribution is -3.00. The molecule has 4 aromatic heterocycles. The third kappa shape index (κ3) is 23.9. The van der Waals surface area contributed by atoms with Crippen molar-refractivity contribution in [2.75, 3.05) is 10.7 Å². The second-order valence-electron chi connectivity index (χ2n) is 19.2. The number of aryl methyl sites for hydroxylation is 8. The van der Waals surface area contributed by atoms with E-state index in [1.54, 1.807) is 6.33 Å². The van der Waals surface area contributed by atoms with Crippen LogP contribution in [0.1, 0.15) is 95.8 Å². The van der Waals surface area contributed by atoms with E-state index < -0.39 is 0 Å². The zero-order valence-electron chi connectivity index (χ0n) is 47.8. The highest BCUT2D eigenvalue weighted by Gasteiger charge is 2.21. The van der Waals surface area contributed by atoms with Gasteiger partial charge in [0.05, 0.1) is 38.8 Å². The summed E-state index contributed by atoms with van der Waals surface area (Å²) in [7, 11) is 0. The maximum atomic E-state index is 6.39. The van der Waals surface area contributed by atoms with Gasteiger partial charge in [-0.05, 0) is 128 Å². The summed E-state index contributed by atoms with van der Waals surface area (Å²) in [6.45, 7) is 13.0.